The molecule has 5 heteroatoms. The summed E-state index contributed by atoms with van der Waals surface area (Å²) in [6.45, 7) is 8.40. The van der Waals surface area contributed by atoms with Gasteiger partial charge in [0, 0.05) is 18.7 Å². The molecule has 1 rings (SSSR count). The Labute approximate surface area is 108 Å². The minimum absolute atomic E-state index is 0.0245. The molecule has 18 heavy (non-hydrogen) atoms. The summed E-state index contributed by atoms with van der Waals surface area (Å²) in [5.74, 6) is 0.183. The lowest BCUT2D eigenvalue weighted by molar-refractivity contribution is -0.122. The number of aromatic nitrogens is 2. The molecule has 0 fully saturated rings. The van der Waals surface area contributed by atoms with Crippen molar-refractivity contribution in [2.45, 2.75) is 46.7 Å². The van der Waals surface area contributed by atoms with Crippen LogP contribution in [0.2, 0.25) is 0 Å². The molecule has 0 aliphatic rings. The highest BCUT2D eigenvalue weighted by molar-refractivity contribution is 5.76. The van der Waals surface area contributed by atoms with Crippen LogP contribution in [0, 0.1) is 19.8 Å². The van der Waals surface area contributed by atoms with E-state index in [0.717, 1.165) is 11.4 Å². The zero-order valence-corrected chi connectivity index (χ0v) is 11.6. The van der Waals surface area contributed by atoms with Crippen LogP contribution in [0.1, 0.15) is 31.7 Å². The van der Waals surface area contributed by atoms with Gasteiger partial charge in [-0.05, 0) is 25.8 Å². The third-order valence-electron chi connectivity index (χ3n) is 3.00. The maximum atomic E-state index is 11.7. The van der Waals surface area contributed by atoms with E-state index < -0.39 is 0 Å². The van der Waals surface area contributed by atoms with E-state index in [1.54, 1.807) is 0 Å². The van der Waals surface area contributed by atoms with Gasteiger partial charge >= 0.3 is 0 Å². The van der Waals surface area contributed by atoms with E-state index >= 15 is 0 Å². The number of carbonyl (C=O) groups excluding carboxylic acids is 1. The average molecular weight is 253 g/mol. The van der Waals surface area contributed by atoms with Crippen LogP contribution >= 0.6 is 0 Å². The highest BCUT2D eigenvalue weighted by atomic mass is 16.3. The van der Waals surface area contributed by atoms with Gasteiger partial charge < -0.3 is 10.4 Å². The summed E-state index contributed by atoms with van der Waals surface area (Å²) in [7, 11) is 0. The molecule has 1 aromatic rings. The van der Waals surface area contributed by atoms with Crippen LogP contribution in [0.15, 0.2) is 6.07 Å². The number of hydrogen-bond donors (Lipinski definition) is 2. The summed E-state index contributed by atoms with van der Waals surface area (Å²) in [5, 5.41) is 16.3. The number of hydrogen-bond acceptors (Lipinski definition) is 3. The van der Waals surface area contributed by atoms with E-state index in [9.17, 15) is 4.79 Å². The van der Waals surface area contributed by atoms with Crippen molar-refractivity contribution in [1.29, 1.82) is 0 Å². The predicted octanol–water partition coefficient (Wildman–Crippen LogP) is 1.02. The van der Waals surface area contributed by atoms with E-state index in [4.69, 9.17) is 5.11 Å². The number of amides is 1. The van der Waals surface area contributed by atoms with Crippen LogP contribution in [0.5, 0.6) is 0 Å². The molecule has 0 spiro atoms. The van der Waals surface area contributed by atoms with Gasteiger partial charge in [-0.25, -0.2) is 0 Å². The predicted molar refractivity (Wildman–Crippen MR) is 70.2 cm³/mol. The Morgan fingerprint density at radius 3 is 2.61 bits per heavy atom. The van der Waals surface area contributed by atoms with E-state index in [-0.39, 0.29) is 24.5 Å². The van der Waals surface area contributed by atoms with Crippen molar-refractivity contribution in [2.24, 2.45) is 5.92 Å². The van der Waals surface area contributed by atoms with Crippen molar-refractivity contribution < 1.29 is 9.90 Å². The molecular weight excluding hydrogens is 230 g/mol. The number of carbonyl (C=O) groups is 1. The topological polar surface area (TPSA) is 67.2 Å². The third-order valence-corrected chi connectivity index (χ3v) is 3.00. The van der Waals surface area contributed by atoms with Crippen LogP contribution in [0.4, 0.5) is 0 Å². The first-order chi connectivity index (χ1) is 8.43. The maximum absolute atomic E-state index is 11.7. The summed E-state index contributed by atoms with van der Waals surface area (Å²) in [4.78, 5) is 11.7. The first kappa shape index (κ1) is 14.7. The molecule has 1 unspecified atom stereocenters. The third kappa shape index (κ3) is 4.14. The Kier molecular flexibility index (Phi) is 5.34. The Morgan fingerprint density at radius 2 is 2.17 bits per heavy atom. The zero-order chi connectivity index (χ0) is 13.7. The normalized spacial score (nSPS) is 12.8. The molecule has 5 nitrogen and oxygen atoms in total. The molecule has 1 aromatic heterocycles. The van der Waals surface area contributed by atoms with Gasteiger partial charge in [0.15, 0.2) is 0 Å². The van der Waals surface area contributed by atoms with Gasteiger partial charge in [0.1, 0.15) is 0 Å². The average Bonchev–Trinajstić information content (AvgIpc) is 2.61. The van der Waals surface area contributed by atoms with E-state index in [1.807, 2.05) is 38.4 Å². The number of aliphatic hydroxyl groups is 1. The monoisotopic (exact) mass is 253 g/mol. The Balaban J connectivity index is 2.44. The molecule has 0 saturated heterocycles. The largest absolute Gasteiger partial charge is 0.394 e. The number of aryl methyl sites for hydroxylation is 3. The zero-order valence-electron chi connectivity index (χ0n) is 11.6. The number of nitrogens with zero attached hydrogens (tertiary/aromatic N) is 2. The minimum Gasteiger partial charge on any atom is -0.394 e. The highest BCUT2D eigenvalue weighted by Crippen LogP contribution is 2.04. The molecule has 0 aliphatic heterocycles. The fourth-order valence-corrected chi connectivity index (χ4v) is 1.81. The van der Waals surface area contributed by atoms with Gasteiger partial charge in [-0.3, -0.25) is 9.48 Å². The summed E-state index contributed by atoms with van der Waals surface area (Å²) in [6.07, 6.45) is 0.380. The molecule has 0 saturated carbocycles. The summed E-state index contributed by atoms with van der Waals surface area (Å²) in [6, 6.07) is 1.82. The SMILES string of the molecule is Cc1cc(C)n(CCC(=O)NC(CO)C(C)C)n1. The molecule has 1 amide bonds. The second-order valence-corrected chi connectivity index (χ2v) is 5.00. The van der Waals surface area contributed by atoms with Crippen molar-refractivity contribution in [3.63, 3.8) is 0 Å². The van der Waals surface area contributed by atoms with Crippen molar-refractivity contribution in [3.8, 4) is 0 Å². The van der Waals surface area contributed by atoms with E-state index in [0.29, 0.717) is 13.0 Å². The molecular formula is C13H23N3O2. The standard InChI is InChI=1S/C13H23N3O2/c1-9(2)12(8-17)14-13(18)5-6-16-11(4)7-10(3)15-16/h7,9,12,17H,5-6,8H2,1-4H3,(H,14,18). The Hall–Kier alpha value is -1.36. The number of rotatable bonds is 6. The molecule has 0 radical (unpaired) electrons. The quantitative estimate of drug-likeness (QED) is 0.795. The Bertz CT molecular complexity index is 399. The van der Waals surface area contributed by atoms with Crippen molar-refractivity contribution in [3.05, 3.63) is 17.5 Å². The molecule has 1 atom stereocenters. The Morgan fingerprint density at radius 1 is 1.50 bits per heavy atom. The van der Waals surface area contributed by atoms with Gasteiger partial charge in [0.2, 0.25) is 5.91 Å². The van der Waals surface area contributed by atoms with Crippen LogP contribution in [0.25, 0.3) is 0 Å². The lowest BCUT2D eigenvalue weighted by Gasteiger charge is -2.19. The van der Waals surface area contributed by atoms with Gasteiger partial charge in [0.05, 0.1) is 18.3 Å². The van der Waals surface area contributed by atoms with Crippen LogP contribution in [-0.2, 0) is 11.3 Å². The second kappa shape index (κ2) is 6.54. The molecule has 2 N–H and O–H groups in total. The smallest absolute Gasteiger partial charge is 0.222 e. The van der Waals surface area contributed by atoms with Crippen LogP contribution in [0.3, 0.4) is 0 Å². The lowest BCUT2D eigenvalue weighted by atomic mass is 10.1. The molecule has 102 valence electrons. The fourth-order valence-electron chi connectivity index (χ4n) is 1.81. The van der Waals surface area contributed by atoms with E-state index in [1.165, 1.54) is 0 Å². The first-order valence-electron chi connectivity index (χ1n) is 6.35. The van der Waals surface area contributed by atoms with E-state index in [2.05, 4.69) is 10.4 Å². The minimum atomic E-state index is -0.169. The number of nitrogens with one attached hydrogen (secondary N) is 1. The number of aliphatic hydroxyl groups excluding tert-OH is 1. The lowest BCUT2D eigenvalue weighted by Crippen LogP contribution is -2.41. The van der Waals surface area contributed by atoms with Gasteiger partial charge in [-0.2, -0.15) is 5.10 Å². The van der Waals surface area contributed by atoms with Crippen molar-refractivity contribution >= 4 is 5.91 Å². The van der Waals surface area contributed by atoms with Gasteiger partial charge in [-0.15, -0.1) is 0 Å². The van der Waals surface area contributed by atoms with Gasteiger partial charge in [-0.1, -0.05) is 13.8 Å². The summed E-state index contributed by atoms with van der Waals surface area (Å²) < 4.78 is 1.83. The molecule has 0 aliphatic carbocycles. The van der Waals surface area contributed by atoms with Crippen LogP contribution in [-0.4, -0.2) is 33.4 Å². The molecule has 0 aromatic carbocycles. The summed E-state index contributed by atoms with van der Waals surface area (Å²) >= 11 is 0. The molecule has 0 bridgehead atoms. The van der Waals surface area contributed by atoms with Crippen molar-refractivity contribution in [1.82, 2.24) is 15.1 Å². The summed E-state index contributed by atoms with van der Waals surface area (Å²) in [5.41, 5.74) is 2.02. The second-order valence-electron chi connectivity index (χ2n) is 5.00. The molecule has 1 heterocycles. The maximum Gasteiger partial charge on any atom is 0.222 e. The fraction of sp³-hybridized carbons (Fsp3) is 0.692. The van der Waals surface area contributed by atoms with Crippen molar-refractivity contribution in [2.75, 3.05) is 6.61 Å². The first-order valence-corrected chi connectivity index (χ1v) is 6.35. The van der Waals surface area contributed by atoms with Gasteiger partial charge in [0.25, 0.3) is 0 Å². The van der Waals surface area contributed by atoms with Crippen LogP contribution < -0.4 is 5.32 Å². The highest BCUT2D eigenvalue weighted by Gasteiger charge is 2.15.